The fourth-order valence-corrected chi connectivity index (χ4v) is 4.27. The number of hydrogen-bond donors (Lipinski definition) is 1. The zero-order valence-corrected chi connectivity index (χ0v) is 11.2. The third kappa shape index (κ3) is 2.85. The topological polar surface area (TPSA) is 15.3 Å². The van der Waals surface area contributed by atoms with Crippen molar-refractivity contribution in [1.82, 2.24) is 10.4 Å². The molecule has 0 aromatic carbocycles. The molecule has 0 bridgehead atoms. The van der Waals surface area contributed by atoms with Crippen LogP contribution in [0.2, 0.25) is 0 Å². The van der Waals surface area contributed by atoms with Crippen LogP contribution in [0.4, 0.5) is 0 Å². The van der Waals surface area contributed by atoms with E-state index in [9.17, 15) is 0 Å². The fourth-order valence-electron chi connectivity index (χ4n) is 4.27. The Morgan fingerprint density at radius 1 is 0.765 bits per heavy atom. The van der Waals surface area contributed by atoms with E-state index in [1.165, 1.54) is 83.7 Å². The van der Waals surface area contributed by atoms with E-state index in [2.05, 4.69) is 10.4 Å². The normalized spacial score (nSPS) is 31.1. The van der Waals surface area contributed by atoms with Gasteiger partial charge in [-0.1, -0.05) is 19.3 Å². The van der Waals surface area contributed by atoms with Gasteiger partial charge in [0.15, 0.2) is 0 Å². The Bertz CT molecular complexity index is 229. The minimum atomic E-state index is 0.791. The summed E-state index contributed by atoms with van der Waals surface area (Å²) in [5.41, 5.74) is 4.59. The smallest absolute Gasteiger partial charge is 0.0215 e. The number of rotatable bonds is 2. The van der Waals surface area contributed by atoms with E-state index in [0.29, 0.717) is 0 Å². The summed E-state index contributed by atoms with van der Waals surface area (Å²) in [6.07, 6.45) is 16.1. The Morgan fingerprint density at radius 3 is 2.06 bits per heavy atom. The van der Waals surface area contributed by atoms with Crippen LogP contribution in [0.25, 0.3) is 0 Å². The molecule has 0 unspecified atom stereocenters. The molecular formula is C15H28N2. The van der Waals surface area contributed by atoms with Gasteiger partial charge >= 0.3 is 0 Å². The molecule has 1 aliphatic heterocycles. The Morgan fingerprint density at radius 2 is 1.41 bits per heavy atom. The predicted octanol–water partition coefficient (Wildman–Crippen LogP) is 3.48. The van der Waals surface area contributed by atoms with Crippen molar-refractivity contribution in [1.29, 1.82) is 0 Å². The lowest BCUT2D eigenvalue weighted by molar-refractivity contribution is 0.0838. The highest BCUT2D eigenvalue weighted by atomic mass is 15.5. The van der Waals surface area contributed by atoms with Gasteiger partial charge in [-0.3, -0.25) is 5.43 Å². The molecule has 0 aromatic heterocycles. The summed E-state index contributed by atoms with van der Waals surface area (Å²) < 4.78 is 0. The maximum Gasteiger partial charge on any atom is 0.0215 e. The fraction of sp³-hybridized carbons (Fsp3) is 1.00. The van der Waals surface area contributed by atoms with Gasteiger partial charge in [0, 0.05) is 19.1 Å². The van der Waals surface area contributed by atoms with E-state index in [-0.39, 0.29) is 0 Å². The van der Waals surface area contributed by atoms with Gasteiger partial charge in [0.1, 0.15) is 0 Å². The van der Waals surface area contributed by atoms with Crippen LogP contribution < -0.4 is 5.43 Å². The van der Waals surface area contributed by atoms with E-state index in [1.54, 1.807) is 0 Å². The lowest BCUT2D eigenvalue weighted by Crippen LogP contribution is -2.49. The molecule has 3 aliphatic rings. The van der Waals surface area contributed by atoms with E-state index >= 15 is 0 Å². The summed E-state index contributed by atoms with van der Waals surface area (Å²) >= 11 is 0. The molecule has 0 amide bonds. The van der Waals surface area contributed by atoms with Crippen LogP contribution in [0, 0.1) is 5.41 Å². The zero-order valence-electron chi connectivity index (χ0n) is 11.2. The standard InChI is InChI=1S/C15H28N2/c1-4-12-17(13-5-1)16-14-6-10-15(11-7-14)8-2-3-9-15/h14,16H,1-13H2. The van der Waals surface area contributed by atoms with Crippen LogP contribution in [0.15, 0.2) is 0 Å². The zero-order chi connectivity index (χ0) is 11.6. The molecule has 2 aliphatic carbocycles. The molecule has 98 valence electrons. The lowest BCUT2D eigenvalue weighted by Gasteiger charge is -2.40. The van der Waals surface area contributed by atoms with Crippen LogP contribution >= 0.6 is 0 Å². The number of piperidine rings is 1. The molecule has 17 heavy (non-hydrogen) atoms. The third-order valence-corrected chi connectivity index (χ3v) is 5.43. The van der Waals surface area contributed by atoms with Gasteiger partial charge in [-0.25, -0.2) is 5.01 Å². The van der Waals surface area contributed by atoms with Gasteiger partial charge in [0.05, 0.1) is 0 Å². The molecule has 2 saturated carbocycles. The first kappa shape index (κ1) is 12.0. The first-order valence-electron chi connectivity index (χ1n) is 7.88. The molecule has 2 nitrogen and oxygen atoms in total. The summed E-state index contributed by atoms with van der Waals surface area (Å²) in [5, 5.41) is 2.50. The molecule has 1 heterocycles. The molecule has 0 aromatic rings. The van der Waals surface area contributed by atoms with Crippen molar-refractivity contribution in [3.05, 3.63) is 0 Å². The van der Waals surface area contributed by atoms with E-state index in [4.69, 9.17) is 0 Å². The van der Waals surface area contributed by atoms with Gasteiger partial charge in [-0.15, -0.1) is 0 Å². The Labute approximate surface area is 106 Å². The van der Waals surface area contributed by atoms with Crippen molar-refractivity contribution in [2.45, 2.75) is 76.7 Å². The molecule has 1 N–H and O–H groups in total. The largest absolute Gasteiger partial charge is 0.252 e. The highest BCUT2D eigenvalue weighted by Crippen LogP contribution is 2.48. The van der Waals surface area contributed by atoms with Crippen LogP contribution in [0.1, 0.15) is 70.6 Å². The highest BCUT2D eigenvalue weighted by molar-refractivity contribution is 4.91. The quantitative estimate of drug-likeness (QED) is 0.789. The van der Waals surface area contributed by atoms with E-state index in [0.717, 1.165) is 11.5 Å². The van der Waals surface area contributed by atoms with Gasteiger partial charge < -0.3 is 0 Å². The summed E-state index contributed by atoms with van der Waals surface area (Å²) in [6.45, 7) is 2.56. The molecule has 3 fully saturated rings. The predicted molar refractivity (Wildman–Crippen MR) is 71.7 cm³/mol. The molecule has 1 saturated heterocycles. The van der Waals surface area contributed by atoms with Crippen molar-refractivity contribution in [2.24, 2.45) is 5.41 Å². The second-order valence-corrected chi connectivity index (χ2v) is 6.66. The minimum Gasteiger partial charge on any atom is -0.252 e. The molecular weight excluding hydrogens is 208 g/mol. The second-order valence-electron chi connectivity index (χ2n) is 6.66. The SMILES string of the molecule is C1CCN(NC2CCC3(CCCC3)CC2)CC1. The van der Waals surface area contributed by atoms with Gasteiger partial charge in [0.2, 0.25) is 0 Å². The van der Waals surface area contributed by atoms with Crippen LogP contribution in [0.3, 0.4) is 0 Å². The van der Waals surface area contributed by atoms with E-state index < -0.39 is 0 Å². The molecule has 3 rings (SSSR count). The van der Waals surface area contributed by atoms with Gasteiger partial charge in [0.25, 0.3) is 0 Å². The van der Waals surface area contributed by atoms with Gasteiger partial charge in [-0.2, -0.15) is 0 Å². The van der Waals surface area contributed by atoms with Crippen molar-refractivity contribution >= 4 is 0 Å². The monoisotopic (exact) mass is 236 g/mol. The van der Waals surface area contributed by atoms with Crippen molar-refractivity contribution in [3.63, 3.8) is 0 Å². The first-order chi connectivity index (χ1) is 8.36. The second kappa shape index (κ2) is 5.27. The summed E-state index contributed by atoms with van der Waals surface area (Å²) in [5.74, 6) is 0. The third-order valence-electron chi connectivity index (χ3n) is 5.43. The average molecular weight is 236 g/mol. The number of nitrogens with zero attached hydrogens (tertiary/aromatic N) is 1. The average Bonchev–Trinajstić information content (AvgIpc) is 2.83. The molecule has 0 atom stereocenters. The number of nitrogens with one attached hydrogen (secondary N) is 1. The summed E-state index contributed by atoms with van der Waals surface area (Å²) in [4.78, 5) is 0. The lowest BCUT2D eigenvalue weighted by atomic mass is 9.71. The van der Waals surface area contributed by atoms with Crippen LogP contribution in [0.5, 0.6) is 0 Å². The Hall–Kier alpha value is -0.0800. The number of hydrogen-bond acceptors (Lipinski definition) is 2. The maximum atomic E-state index is 3.80. The first-order valence-corrected chi connectivity index (χ1v) is 7.88. The van der Waals surface area contributed by atoms with Crippen LogP contribution in [-0.2, 0) is 0 Å². The van der Waals surface area contributed by atoms with E-state index in [1.807, 2.05) is 0 Å². The van der Waals surface area contributed by atoms with Crippen LogP contribution in [-0.4, -0.2) is 24.1 Å². The van der Waals surface area contributed by atoms with Crippen molar-refractivity contribution < 1.29 is 0 Å². The summed E-state index contributed by atoms with van der Waals surface area (Å²) in [6, 6.07) is 0.791. The molecule has 2 heteroatoms. The Kier molecular flexibility index (Phi) is 3.72. The Balaban J connectivity index is 1.44. The molecule has 1 spiro atoms. The molecule has 0 radical (unpaired) electrons. The number of hydrazine groups is 1. The van der Waals surface area contributed by atoms with Crippen molar-refractivity contribution in [3.8, 4) is 0 Å². The van der Waals surface area contributed by atoms with Crippen molar-refractivity contribution in [2.75, 3.05) is 13.1 Å². The summed E-state index contributed by atoms with van der Waals surface area (Å²) in [7, 11) is 0. The highest BCUT2D eigenvalue weighted by Gasteiger charge is 2.37. The maximum absolute atomic E-state index is 3.80. The van der Waals surface area contributed by atoms with Gasteiger partial charge in [-0.05, 0) is 56.8 Å². The minimum absolute atomic E-state index is 0.791.